The van der Waals surface area contributed by atoms with Crippen molar-refractivity contribution in [3.8, 4) is 5.75 Å². The third kappa shape index (κ3) is 3.36. The zero-order valence-corrected chi connectivity index (χ0v) is 11.5. The zero-order chi connectivity index (χ0) is 13.8. The molecule has 0 saturated carbocycles. The molecule has 1 aromatic heterocycles. The van der Waals surface area contributed by atoms with Gasteiger partial charge in [-0.2, -0.15) is 0 Å². The first-order chi connectivity index (χ1) is 9.10. The Hall–Kier alpha value is -1.78. The summed E-state index contributed by atoms with van der Waals surface area (Å²) in [7, 11) is 1.56. The van der Waals surface area contributed by atoms with Crippen LogP contribution in [0.4, 0.5) is 5.69 Å². The second-order valence-electron chi connectivity index (χ2n) is 3.67. The number of hydrogen-bond donors (Lipinski definition) is 1. The lowest BCUT2D eigenvalue weighted by molar-refractivity contribution is 0.102. The number of rotatable bonds is 3. The summed E-state index contributed by atoms with van der Waals surface area (Å²) >= 11 is 11.7. The highest BCUT2D eigenvalue weighted by Gasteiger charge is 2.12. The molecule has 1 heterocycles. The summed E-state index contributed by atoms with van der Waals surface area (Å²) in [5.74, 6) is 0.291. The zero-order valence-electron chi connectivity index (χ0n) is 9.98. The second-order valence-corrected chi connectivity index (χ2v) is 4.47. The van der Waals surface area contributed by atoms with E-state index in [9.17, 15) is 4.79 Å². The Morgan fingerprint density at radius 3 is 2.84 bits per heavy atom. The lowest BCUT2D eigenvalue weighted by Crippen LogP contribution is -2.12. The minimum Gasteiger partial charge on any atom is -0.497 e. The van der Waals surface area contributed by atoms with Gasteiger partial charge in [-0.05, 0) is 18.2 Å². The molecule has 0 aliphatic heterocycles. The van der Waals surface area contributed by atoms with E-state index in [0.717, 1.165) is 0 Å². The maximum Gasteiger partial charge on any atom is 0.257 e. The summed E-state index contributed by atoms with van der Waals surface area (Å²) in [6, 6.07) is 8.42. The quantitative estimate of drug-likeness (QED) is 0.880. The highest BCUT2D eigenvalue weighted by Crippen LogP contribution is 2.21. The van der Waals surface area contributed by atoms with E-state index in [2.05, 4.69) is 10.3 Å². The number of nitrogens with one attached hydrogen (secondary N) is 1. The summed E-state index contributed by atoms with van der Waals surface area (Å²) in [6.45, 7) is 0. The van der Waals surface area contributed by atoms with Crippen LogP contribution >= 0.6 is 23.2 Å². The Bertz CT molecular complexity index is 617. The van der Waals surface area contributed by atoms with Crippen molar-refractivity contribution in [1.82, 2.24) is 4.98 Å². The maximum atomic E-state index is 12.1. The molecule has 0 fully saturated rings. The summed E-state index contributed by atoms with van der Waals surface area (Å²) < 4.78 is 5.08. The monoisotopic (exact) mass is 296 g/mol. The normalized spacial score (nSPS) is 10.1. The molecule has 0 spiro atoms. The van der Waals surface area contributed by atoms with Gasteiger partial charge in [0.25, 0.3) is 5.91 Å². The molecular formula is C13H10Cl2N2O2. The van der Waals surface area contributed by atoms with Crippen molar-refractivity contribution in [2.24, 2.45) is 0 Å². The molecule has 4 nitrogen and oxygen atoms in total. The summed E-state index contributed by atoms with van der Waals surface area (Å²) in [5, 5.41) is 3.16. The number of aromatic nitrogens is 1. The summed E-state index contributed by atoms with van der Waals surface area (Å²) in [5.41, 5.74) is 0.873. The summed E-state index contributed by atoms with van der Waals surface area (Å²) in [4.78, 5) is 15.9. The average molecular weight is 297 g/mol. The Morgan fingerprint density at radius 1 is 1.32 bits per heavy atom. The topological polar surface area (TPSA) is 51.2 Å². The number of ether oxygens (including phenoxy) is 1. The van der Waals surface area contributed by atoms with Crippen LogP contribution in [-0.4, -0.2) is 18.0 Å². The molecule has 1 aromatic carbocycles. The maximum absolute atomic E-state index is 12.1. The van der Waals surface area contributed by atoms with E-state index >= 15 is 0 Å². The molecule has 0 bridgehead atoms. The number of nitrogens with zero attached hydrogens (tertiary/aromatic N) is 1. The van der Waals surface area contributed by atoms with Crippen molar-refractivity contribution in [2.45, 2.75) is 0 Å². The Morgan fingerprint density at radius 2 is 2.11 bits per heavy atom. The average Bonchev–Trinajstić information content (AvgIpc) is 2.41. The van der Waals surface area contributed by atoms with Gasteiger partial charge in [0.1, 0.15) is 10.9 Å². The number of hydrogen-bond acceptors (Lipinski definition) is 3. The molecule has 2 rings (SSSR count). The van der Waals surface area contributed by atoms with E-state index in [-0.39, 0.29) is 21.6 Å². The molecule has 0 radical (unpaired) electrons. The Balaban J connectivity index is 2.23. The first kappa shape index (κ1) is 13.6. The number of anilines is 1. The van der Waals surface area contributed by atoms with Gasteiger partial charge in [-0.1, -0.05) is 29.3 Å². The number of pyridine rings is 1. The van der Waals surface area contributed by atoms with E-state index < -0.39 is 0 Å². The molecule has 98 valence electrons. The summed E-state index contributed by atoms with van der Waals surface area (Å²) in [6.07, 6.45) is 1.34. The number of methoxy groups -OCH3 is 1. The molecule has 6 heteroatoms. The van der Waals surface area contributed by atoms with Crippen molar-refractivity contribution in [2.75, 3.05) is 12.4 Å². The van der Waals surface area contributed by atoms with E-state index in [4.69, 9.17) is 27.9 Å². The van der Waals surface area contributed by atoms with Crippen LogP contribution in [0.15, 0.2) is 36.5 Å². The second kappa shape index (κ2) is 5.91. The molecule has 0 aliphatic rings. The lowest BCUT2D eigenvalue weighted by atomic mass is 10.2. The van der Waals surface area contributed by atoms with Gasteiger partial charge in [-0.15, -0.1) is 0 Å². The first-order valence-electron chi connectivity index (χ1n) is 5.36. The SMILES string of the molecule is COc1cccc(NC(=O)c2cc(Cl)ncc2Cl)c1. The molecule has 19 heavy (non-hydrogen) atoms. The largest absolute Gasteiger partial charge is 0.497 e. The van der Waals surface area contributed by atoms with E-state index in [1.807, 2.05) is 0 Å². The predicted molar refractivity (Wildman–Crippen MR) is 75.2 cm³/mol. The van der Waals surface area contributed by atoms with Gasteiger partial charge in [-0.25, -0.2) is 4.98 Å². The number of amides is 1. The van der Waals surface area contributed by atoms with Gasteiger partial charge in [0.05, 0.1) is 17.7 Å². The van der Waals surface area contributed by atoms with Crippen LogP contribution < -0.4 is 10.1 Å². The van der Waals surface area contributed by atoms with E-state index in [0.29, 0.717) is 11.4 Å². The number of carbonyl (C=O) groups excluding carboxylic acids is 1. The minimum absolute atomic E-state index is 0.209. The fraction of sp³-hybridized carbons (Fsp3) is 0.0769. The third-order valence-corrected chi connectivity index (χ3v) is 2.90. The van der Waals surface area contributed by atoms with Crippen LogP contribution in [0.1, 0.15) is 10.4 Å². The minimum atomic E-state index is -0.359. The van der Waals surface area contributed by atoms with Crippen LogP contribution in [0.25, 0.3) is 0 Å². The molecule has 2 aromatic rings. The van der Waals surface area contributed by atoms with Gasteiger partial charge < -0.3 is 10.1 Å². The Kier molecular flexibility index (Phi) is 4.24. The molecule has 0 saturated heterocycles. The van der Waals surface area contributed by atoms with Gasteiger partial charge in [0.2, 0.25) is 0 Å². The Labute approximate surface area is 120 Å². The fourth-order valence-electron chi connectivity index (χ4n) is 1.49. The van der Waals surface area contributed by atoms with Crippen LogP contribution in [0, 0.1) is 0 Å². The van der Waals surface area contributed by atoms with Gasteiger partial charge in [0.15, 0.2) is 0 Å². The number of benzene rings is 1. The predicted octanol–water partition coefficient (Wildman–Crippen LogP) is 3.65. The standard InChI is InChI=1S/C13H10Cl2N2O2/c1-19-9-4-2-3-8(5-9)17-13(18)10-6-12(15)16-7-11(10)14/h2-7H,1H3,(H,17,18). The van der Waals surface area contributed by atoms with Crippen molar-refractivity contribution >= 4 is 34.8 Å². The highest BCUT2D eigenvalue weighted by atomic mass is 35.5. The lowest BCUT2D eigenvalue weighted by Gasteiger charge is -2.08. The first-order valence-corrected chi connectivity index (χ1v) is 6.12. The molecular weight excluding hydrogens is 287 g/mol. The van der Waals surface area contributed by atoms with Crippen LogP contribution in [0.5, 0.6) is 5.75 Å². The van der Waals surface area contributed by atoms with Crippen molar-refractivity contribution in [3.05, 3.63) is 52.3 Å². The van der Waals surface area contributed by atoms with Gasteiger partial charge in [0, 0.05) is 18.0 Å². The van der Waals surface area contributed by atoms with Crippen LogP contribution in [0.2, 0.25) is 10.2 Å². The molecule has 1 amide bonds. The van der Waals surface area contributed by atoms with E-state index in [1.165, 1.54) is 12.3 Å². The van der Waals surface area contributed by atoms with E-state index in [1.54, 1.807) is 31.4 Å². The van der Waals surface area contributed by atoms with Gasteiger partial charge >= 0.3 is 0 Å². The molecule has 0 aliphatic carbocycles. The number of halogens is 2. The van der Waals surface area contributed by atoms with Crippen molar-refractivity contribution < 1.29 is 9.53 Å². The smallest absolute Gasteiger partial charge is 0.257 e. The number of carbonyl (C=O) groups is 1. The van der Waals surface area contributed by atoms with Crippen LogP contribution in [-0.2, 0) is 0 Å². The molecule has 0 unspecified atom stereocenters. The molecule has 1 N–H and O–H groups in total. The highest BCUT2D eigenvalue weighted by molar-refractivity contribution is 6.35. The molecule has 0 atom stereocenters. The van der Waals surface area contributed by atoms with Gasteiger partial charge in [-0.3, -0.25) is 4.79 Å². The van der Waals surface area contributed by atoms with Crippen molar-refractivity contribution in [1.29, 1.82) is 0 Å². The third-order valence-electron chi connectivity index (χ3n) is 2.39. The fourth-order valence-corrected chi connectivity index (χ4v) is 1.83. The van der Waals surface area contributed by atoms with Crippen molar-refractivity contribution in [3.63, 3.8) is 0 Å². The van der Waals surface area contributed by atoms with Crippen LogP contribution in [0.3, 0.4) is 0 Å².